The lowest BCUT2D eigenvalue weighted by Crippen LogP contribution is -2.45. The van der Waals surface area contributed by atoms with Crippen LogP contribution in [0.4, 0.5) is 22.7 Å². The number of hydrogen-bond acceptors (Lipinski definition) is 8. The third-order valence-electron chi connectivity index (χ3n) is 5.94. The maximum absolute atomic E-state index is 12.2. The first kappa shape index (κ1) is 24.7. The van der Waals surface area contributed by atoms with E-state index in [9.17, 15) is 19.7 Å². The van der Waals surface area contributed by atoms with Crippen LogP contribution in [-0.4, -0.2) is 54.5 Å². The SMILES string of the molecule is Nc1ccc([N+](=O)[O-])cc1C(=O)OCC(=O)Nc1ccc(N2CCN(Cc3ccccc3)CC2)cc1. The number of non-ortho nitro benzene ring substituents is 1. The average Bonchev–Trinajstić information content (AvgIpc) is 2.89. The van der Waals surface area contributed by atoms with Crippen LogP contribution >= 0.6 is 0 Å². The van der Waals surface area contributed by atoms with Crippen molar-refractivity contribution < 1.29 is 19.2 Å². The van der Waals surface area contributed by atoms with Crippen molar-refractivity contribution in [2.45, 2.75) is 6.54 Å². The lowest BCUT2D eigenvalue weighted by molar-refractivity contribution is -0.384. The molecule has 0 aromatic heterocycles. The normalized spacial score (nSPS) is 13.7. The van der Waals surface area contributed by atoms with Gasteiger partial charge in [-0.15, -0.1) is 0 Å². The van der Waals surface area contributed by atoms with Gasteiger partial charge in [0.15, 0.2) is 6.61 Å². The molecule has 1 fully saturated rings. The fourth-order valence-corrected chi connectivity index (χ4v) is 4.00. The van der Waals surface area contributed by atoms with Crippen molar-refractivity contribution in [2.75, 3.05) is 48.7 Å². The van der Waals surface area contributed by atoms with Gasteiger partial charge >= 0.3 is 5.97 Å². The molecule has 10 nitrogen and oxygen atoms in total. The summed E-state index contributed by atoms with van der Waals surface area (Å²) < 4.78 is 4.98. The van der Waals surface area contributed by atoms with Crippen molar-refractivity contribution in [3.05, 3.63) is 94.0 Å². The number of esters is 1. The molecule has 3 N–H and O–H groups in total. The van der Waals surface area contributed by atoms with Crippen molar-refractivity contribution >= 4 is 34.6 Å². The second-order valence-electron chi connectivity index (χ2n) is 8.45. The Bertz CT molecular complexity index is 1230. The summed E-state index contributed by atoms with van der Waals surface area (Å²) in [4.78, 5) is 39.5. The Morgan fingerprint density at radius 2 is 1.67 bits per heavy atom. The largest absolute Gasteiger partial charge is 0.452 e. The van der Waals surface area contributed by atoms with E-state index in [0.717, 1.165) is 44.5 Å². The van der Waals surface area contributed by atoms with Gasteiger partial charge in [-0.1, -0.05) is 30.3 Å². The molecule has 186 valence electrons. The van der Waals surface area contributed by atoms with Crippen LogP contribution in [0.3, 0.4) is 0 Å². The number of anilines is 3. The number of nitro groups is 1. The van der Waals surface area contributed by atoms with Gasteiger partial charge in [-0.3, -0.25) is 19.8 Å². The molecule has 1 heterocycles. The molecule has 0 spiro atoms. The first-order valence-corrected chi connectivity index (χ1v) is 11.5. The van der Waals surface area contributed by atoms with Crippen LogP contribution < -0.4 is 16.0 Å². The maximum atomic E-state index is 12.2. The van der Waals surface area contributed by atoms with Crippen LogP contribution in [0, 0.1) is 10.1 Å². The minimum atomic E-state index is -0.909. The highest BCUT2D eigenvalue weighted by Crippen LogP contribution is 2.22. The lowest BCUT2D eigenvalue weighted by atomic mass is 10.1. The van der Waals surface area contributed by atoms with E-state index in [-0.39, 0.29) is 16.9 Å². The first-order chi connectivity index (χ1) is 17.4. The highest BCUT2D eigenvalue weighted by Gasteiger charge is 2.19. The number of hydrogen-bond donors (Lipinski definition) is 2. The Morgan fingerprint density at radius 1 is 0.972 bits per heavy atom. The van der Waals surface area contributed by atoms with Gasteiger partial charge in [0.05, 0.1) is 10.5 Å². The summed E-state index contributed by atoms with van der Waals surface area (Å²) >= 11 is 0. The van der Waals surface area contributed by atoms with Gasteiger partial charge in [0.1, 0.15) is 0 Å². The Balaban J connectivity index is 1.24. The smallest absolute Gasteiger partial charge is 0.341 e. The van der Waals surface area contributed by atoms with Crippen LogP contribution in [0.1, 0.15) is 15.9 Å². The second-order valence-corrected chi connectivity index (χ2v) is 8.45. The number of nitrogens with two attached hydrogens (primary N) is 1. The number of nitro benzene ring substituents is 1. The highest BCUT2D eigenvalue weighted by molar-refractivity contribution is 5.98. The van der Waals surface area contributed by atoms with Crippen molar-refractivity contribution in [1.82, 2.24) is 4.90 Å². The Labute approximate surface area is 208 Å². The van der Waals surface area contributed by atoms with E-state index in [1.54, 1.807) is 12.1 Å². The van der Waals surface area contributed by atoms with Gasteiger partial charge in [0.2, 0.25) is 0 Å². The van der Waals surface area contributed by atoms with E-state index in [0.29, 0.717) is 5.69 Å². The van der Waals surface area contributed by atoms with Crippen LogP contribution in [0.15, 0.2) is 72.8 Å². The van der Waals surface area contributed by atoms with Gasteiger partial charge in [-0.05, 0) is 35.9 Å². The molecule has 3 aromatic carbocycles. The average molecular weight is 490 g/mol. The molecule has 10 heteroatoms. The van der Waals surface area contributed by atoms with Gasteiger partial charge in [0.25, 0.3) is 11.6 Å². The maximum Gasteiger partial charge on any atom is 0.341 e. The number of amides is 1. The zero-order valence-corrected chi connectivity index (χ0v) is 19.6. The summed E-state index contributed by atoms with van der Waals surface area (Å²) in [5.41, 5.74) is 8.23. The van der Waals surface area contributed by atoms with Crippen LogP contribution in [0.5, 0.6) is 0 Å². The molecule has 1 aliphatic rings. The standard InChI is InChI=1S/C26H27N5O5/c27-24-11-10-22(31(34)35)16-23(24)26(33)36-18-25(32)28-20-6-8-21(9-7-20)30-14-12-29(13-15-30)17-19-4-2-1-3-5-19/h1-11,16H,12-15,17-18,27H2,(H,28,32). The molecule has 0 radical (unpaired) electrons. The van der Waals surface area contributed by atoms with Crippen molar-refractivity contribution in [1.29, 1.82) is 0 Å². The molecule has 0 aliphatic carbocycles. The van der Waals surface area contributed by atoms with E-state index < -0.39 is 23.4 Å². The fourth-order valence-electron chi connectivity index (χ4n) is 4.00. The van der Waals surface area contributed by atoms with Crippen molar-refractivity contribution in [3.63, 3.8) is 0 Å². The summed E-state index contributed by atoms with van der Waals surface area (Å²) in [7, 11) is 0. The molecule has 1 saturated heterocycles. The third kappa shape index (κ3) is 6.36. The molecule has 0 unspecified atom stereocenters. The number of carbonyl (C=O) groups is 2. The lowest BCUT2D eigenvalue weighted by Gasteiger charge is -2.36. The molecule has 1 aliphatic heterocycles. The highest BCUT2D eigenvalue weighted by atomic mass is 16.6. The Hall–Kier alpha value is -4.44. The molecule has 0 atom stereocenters. The number of nitrogens with zero attached hydrogens (tertiary/aromatic N) is 3. The van der Waals surface area contributed by atoms with E-state index in [2.05, 4.69) is 39.4 Å². The molecular formula is C26H27N5O5. The zero-order valence-electron chi connectivity index (χ0n) is 19.6. The van der Waals surface area contributed by atoms with Gasteiger partial charge < -0.3 is 20.7 Å². The molecular weight excluding hydrogens is 462 g/mol. The Morgan fingerprint density at radius 3 is 2.33 bits per heavy atom. The number of piperazine rings is 1. The quantitative estimate of drug-likeness (QED) is 0.213. The van der Waals surface area contributed by atoms with Gasteiger partial charge in [0, 0.05) is 61.9 Å². The van der Waals surface area contributed by atoms with Crippen LogP contribution in [-0.2, 0) is 16.1 Å². The second kappa shape index (κ2) is 11.3. The number of benzene rings is 3. The van der Waals surface area contributed by atoms with Crippen molar-refractivity contribution in [3.8, 4) is 0 Å². The number of rotatable bonds is 8. The summed E-state index contributed by atoms with van der Waals surface area (Å²) in [6.45, 7) is 4.15. The molecule has 36 heavy (non-hydrogen) atoms. The van der Waals surface area contributed by atoms with E-state index >= 15 is 0 Å². The predicted molar refractivity (Wildman–Crippen MR) is 137 cm³/mol. The Kier molecular flexibility index (Phi) is 7.76. The monoisotopic (exact) mass is 489 g/mol. The minimum Gasteiger partial charge on any atom is -0.452 e. The molecule has 0 bridgehead atoms. The zero-order chi connectivity index (χ0) is 25.5. The summed E-state index contributed by atoms with van der Waals surface area (Å²) in [6, 6.07) is 21.4. The number of nitrogen functional groups attached to an aromatic ring is 1. The molecule has 1 amide bonds. The number of nitrogens with one attached hydrogen (secondary N) is 1. The molecule has 0 saturated carbocycles. The molecule has 3 aromatic rings. The number of carbonyl (C=O) groups excluding carboxylic acids is 2. The van der Waals surface area contributed by atoms with E-state index in [4.69, 9.17) is 10.5 Å². The topological polar surface area (TPSA) is 131 Å². The van der Waals surface area contributed by atoms with Gasteiger partial charge in [-0.25, -0.2) is 4.79 Å². The van der Waals surface area contributed by atoms with Crippen LogP contribution in [0.25, 0.3) is 0 Å². The van der Waals surface area contributed by atoms with Crippen molar-refractivity contribution in [2.24, 2.45) is 0 Å². The van der Waals surface area contributed by atoms with Gasteiger partial charge in [-0.2, -0.15) is 0 Å². The summed E-state index contributed by atoms with van der Waals surface area (Å²) in [5.74, 6) is -1.44. The van der Waals surface area contributed by atoms with E-state index in [1.807, 2.05) is 18.2 Å². The number of ether oxygens (including phenoxy) is 1. The first-order valence-electron chi connectivity index (χ1n) is 11.5. The third-order valence-corrected chi connectivity index (χ3v) is 5.94. The summed E-state index contributed by atoms with van der Waals surface area (Å²) in [5, 5.41) is 13.6. The summed E-state index contributed by atoms with van der Waals surface area (Å²) in [6.07, 6.45) is 0. The minimum absolute atomic E-state index is 0.0301. The fraction of sp³-hybridized carbons (Fsp3) is 0.231. The van der Waals surface area contributed by atoms with Crippen LogP contribution in [0.2, 0.25) is 0 Å². The molecule has 4 rings (SSSR count). The van der Waals surface area contributed by atoms with E-state index in [1.165, 1.54) is 17.7 Å². The predicted octanol–water partition coefficient (Wildman–Crippen LogP) is 3.29.